The highest BCUT2D eigenvalue weighted by Crippen LogP contribution is 2.25. The molecular weight excluding hydrogens is 362 g/mol. The number of hydrogen-bond acceptors (Lipinski definition) is 3. The number of carbonyl (C=O) groups excluding carboxylic acids is 1. The van der Waals surface area contributed by atoms with E-state index < -0.39 is 0 Å². The topological polar surface area (TPSA) is 77.1 Å². The lowest BCUT2D eigenvalue weighted by molar-refractivity contribution is -0.122. The highest BCUT2D eigenvalue weighted by atomic mass is 35.5. The Morgan fingerprint density at radius 1 is 1.04 bits per heavy atom. The number of amides is 1. The van der Waals surface area contributed by atoms with E-state index >= 15 is 0 Å². The number of aromatic nitrogens is 1. The first kappa shape index (κ1) is 19.4. The molecule has 27 heavy (non-hydrogen) atoms. The van der Waals surface area contributed by atoms with Crippen LogP contribution in [-0.2, 0) is 11.3 Å². The normalized spacial score (nSPS) is 19.1. The quantitative estimate of drug-likeness (QED) is 0.678. The van der Waals surface area contributed by atoms with E-state index in [2.05, 4.69) is 5.32 Å². The third-order valence-electron chi connectivity index (χ3n) is 5.49. The number of pyridine rings is 1. The lowest BCUT2D eigenvalue weighted by Gasteiger charge is -2.21. The van der Waals surface area contributed by atoms with Crippen LogP contribution in [0.3, 0.4) is 0 Å². The molecule has 4 rings (SSSR count). The second-order valence-corrected chi connectivity index (χ2v) is 7.05. The van der Waals surface area contributed by atoms with Crippen LogP contribution in [0.5, 0.6) is 0 Å². The van der Waals surface area contributed by atoms with E-state index in [0.29, 0.717) is 23.2 Å². The molecule has 2 unspecified atom stereocenters. The molecule has 1 aliphatic rings. The minimum absolute atomic E-state index is 0. The zero-order valence-electron chi connectivity index (χ0n) is 15.1. The molecule has 3 N–H and O–H groups in total. The van der Waals surface area contributed by atoms with Gasteiger partial charge in [-0.1, -0.05) is 30.7 Å². The van der Waals surface area contributed by atoms with Crippen molar-refractivity contribution in [3.63, 3.8) is 0 Å². The second-order valence-electron chi connectivity index (χ2n) is 7.05. The van der Waals surface area contributed by atoms with Crippen molar-refractivity contribution in [2.75, 3.05) is 6.54 Å². The summed E-state index contributed by atoms with van der Waals surface area (Å²) in [5.41, 5.74) is 7.40. The van der Waals surface area contributed by atoms with Gasteiger partial charge in [-0.15, -0.1) is 12.4 Å². The average Bonchev–Trinajstić information content (AvgIpc) is 3.12. The van der Waals surface area contributed by atoms with Gasteiger partial charge in [-0.25, -0.2) is 0 Å². The molecule has 0 saturated heterocycles. The molecule has 0 radical (unpaired) electrons. The van der Waals surface area contributed by atoms with Crippen LogP contribution in [0.2, 0.25) is 0 Å². The summed E-state index contributed by atoms with van der Waals surface area (Å²) in [6.07, 6.45) is 3.17. The molecule has 2 aromatic carbocycles. The van der Waals surface area contributed by atoms with Crippen molar-refractivity contribution < 1.29 is 4.79 Å². The number of nitrogens with two attached hydrogens (primary N) is 1. The van der Waals surface area contributed by atoms with Crippen molar-refractivity contribution in [2.45, 2.75) is 31.8 Å². The highest BCUT2D eigenvalue weighted by Gasteiger charge is 2.27. The van der Waals surface area contributed by atoms with Gasteiger partial charge in [-0.2, -0.15) is 0 Å². The number of para-hydroxylation sites is 2. The molecule has 1 aromatic heterocycles. The summed E-state index contributed by atoms with van der Waals surface area (Å²) < 4.78 is 1.94. The first-order chi connectivity index (χ1) is 12.7. The summed E-state index contributed by atoms with van der Waals surface area (Å²) in [7, 11) is 0. The van der Waals surface area contributed by atoms with Gasteiger partial charge >= 0.3 is 0 Å². The van der Waals surface area contributed by atoms with Crippen LogP contribution in [0.15, 0.2) is 53.3 Å². The van der Waals surface area contributed by atoms with Gasteiger partial charge in [0.25, 0.3) is 0 Å². The van der Waals surface area contributed by atoms with Gasteiger partial charge in [0, 0.05) is 16.8 Å². The summed E-state index contributed by atoms with van der Waals surface area (Å²) in [6, 6.07) is 15.1. The van der Waals surface area contributed by atoms with Crippen molar-refractivity contribution in [3.05, 3.63) is 58.8 Å². The van der Waals surface area contributed by atoms with Crippen molar-refractivity contribution in [1.82, 2.24) is 9.88 Å². The lowest BCUT2D eigenvalue weighted by atomic mass is 10.0. The summed E-state index contributed by atoms with van der Waals surface area (Å²) in [4.78, 5) is 25.5. The first-order valence-electron chi connectivity index (χ1n) is 9.18. The Bertz CT molecular complexity index is 971. The van der Waals surface area contributed by atoms with Crippen LogP contribution in [-0.4, -0.2) is 23.1 Å². The van der Waals surface area contributed by atoms with Gasteiger partial charge in [0.2, 0.25) is 5.91 Å². The van der Waals surface area contributed by atoms with Crippen molar-refractivity contribution >= 4 is 40.1 Å². The largest absolute Gasteiger partial charge is 0.351 e. The maximum absolute atomic E-state index is 12.8. The Labute approximate surface area is 164 Å². The van der Waals surface area contributed by atoms with E-state index in [9.17, 15) is 9.59 Å². The molecule has 6 heteroatoms. The van der Waals surface area contributed by atoms with Gasteiger partial charge in [-0.05, 0) is 49.6 Å². The van der Waals surface area contributed by atoms with Crippen LogP contribution in [0.4, 0.5) is 0 Å². The molecular formula is C21H24ClN3O2. The van der Waals surface area contributed by atoms with E-state index in [4.69, 9.17) is 5.73 Å². The molecule has 1 amide bonds. The zero-order chi connectivity index (χ0) is 18.1. The Kier molecular flexibility index (Phi) is 5.82. The number of rotatable bonds is 4. The van der Waals surface area contributed by atoms with Gasteiger partial charge in [-0.3, -0.25) is 9.59 Å². The molecule has 1 fully saturated rings. The number of fused-ring (bicyclic) bond motifs is 2. The Hall–Kier alpha value is -2.37. The van der Waals surface area contributed by atoms with Crippen LogP contribution >= 0.6 is 12.4 Å². The van der Waals surface area contributed by atoms with Crippen LogP contribution in [0.25, 0.3) is 21.8 Å². The molecule has 3 aromatic rings. The Morgan fingerprint density at radius 3 is 2.22 bits per heavy atom. The fraction of sp³-hybridized carbons (Fsp3) is 0.333. The maximum atomic E-state index is 12.8. The van der Waals surface area contributed by atoms with Gasteiger partial charge in [0.15, 0.2) is 5.43 Å². The van der Waals surface area contributed by atoms with E-state index in [1.165, 1.54) is 0 Å². The molecule has 2 atom stereocenters. The predicted octanol–water partition coefficient (Wildman–Crippen LogP) is 2.82. The standard InChI is InChI=1S/C21H23N3O2.ClH/c22-12-14-6-5-9-17(14)23-20(25)13-24-18-10-3-1-7-15(18)21(26)16-8-2-4-11-19(16)24;/h1-4,7-8,10-11,14,17H,5-6,9,12-13,22H2,(H,23,25);1H. The number of benzene rings is 2. The van der Waals surface area contributed by atoms with Crippen LogP contribution in [0.1, 0.15) is 19.3 Å². The number of halogens is 1. The molecule has 142 valence electrons. The van der Waals surface area contributed by atoms with E-state index in [-0.39, 0.29) is 36.3 Å². The molecule has 0 bridgehead atoms. The fourth-order valence-electron chi connectivity index (χ4n) is 4.15. The van der Waals surface area contributed by atoms with E-state index in [0.717, 1.165) is 30.3 Å². The maximum Gasteiger partial charge on any atom is 0.240 e. The van der Waals surface area contributed by atoms with Crippen molar-refractivity contribution in [2.24, 2.45) is 11.7 Å². The molecule has 0 spiro atoms. The van der Waals surface area contributed by atoms with Gasteiger partial charge < -0.3 is 15.6 Å². The summed E-state index contributed by atoms with van der Waals surface area (Å²) in [5, 5.41) is 4.43. The summed E-state index contributed by atoms with van der Waals surface area (Å²) >= 11 is 0. The number of hydrogen-bond donors (Lipinski definition) is 2. The third-order valence-corrected chi connectivity index (χ3v) is 5.49. The summed E-state index contributed by atoms with van der Waals surface area (Å²) in [5.74, 6) is 0.329. The molecule has 1 heterocycles. The highest BCUT2D eigenvalue weighted by molar-refractivity contribution is 5.94. The van der Waals surface area contributed by atoms with Crippen molar-refractivity contribution in [3.8, 4) is 0 Å². The second kappa shape index (κ2) is 8.11. The van der Waals surface area contributed by atoms with Gasteiger partial charge in [0.05, 0.1) is 11.0 Å². The smallest absolute Gasteiger partial charge is 0.240 e. The Balaban J connectivity index is 0.00000210. The number of nitrogens with zero attached hydrogens (tertiary/aromatic N) is 1. The minimum atomic E-state index is -0.0331. The molecule has 1 aliphatic carbocycles. The SMILES string of the molecule is Cl.NCC1CCCC1NC(=O)Cn1c2ccccc2c(=O)c2ccccc21. The molecule has 1 saturated carbocycles. The van der Waals surface area contributed by atoms with E-state index in [1.54, 1.807) is 0 Å². The number of carbonyl (C=O) groups is 1. The monoisotopic (exact) mass is 385 g/mol. The van der Waals surface area contributed by atoms with Crippen molar-refractivity contribution in [1.29, 1.82) is 0 Å². The average molecular weight is 386 g/mol. The Morgan fingerprint density at radius 2 is 1.63 bits per heavy atom. The molecule has 0 aliphatic heterocycles. The number of nitrogens with one attached hydrogen (secondary N) is 1. The zero-order valence-corrected chi connectivity index (χ0v) is 15.9. The first-order valence-corrected chi connectivity index (χ1v) is 9.18. The van der Waals surface area contributed by atoms with Crippen LogP contribution < -0.4 is 16.5 Å². The summed E-state index contributed by atoms with van der Waals surface area (Å²) in [6.45, 7) is 0.796. The predicted molar refractivity (Wildman–Crippen MR) is 111 cm³/mol. The van der Waals surface area contributed by atoms with Gasteiger partial charge in [0.1, 0.15) is 6.54 Å². The molecule has 5 nitrogen and oxygen atoms in total. The lowest BCUT2D eigenvalue weighted by Crippen LogP contribution is -2.41. The minimum Gasteiger partial charge on any atom is -0.351 e. The third kappa shape index (κ3) is 3.57. The fourth-order valence-corrected chi connectivity index (χ4v) is 4.15. The van der Waals surface area contributed by atoms with Crippen LogP contribution in [0, 0.1) is 5.92 Å². The van der Waals surface area contributed by atoms with E-state index in [1.807, 2.05) is 53.1 Å².